The molecule has 2 fully saturated rings. The first-order valence-electron chi connectivity index (χ1n) is 11.0. The van der Waals surface area contributed by atoms with Crippen LogP contribution >= 0.6 is 35.3 Å². The molecule has 2 aliphatic heterocycles. The summed E-state index contributed by atoms with van der Waals surface area (Å²) >= 11 is 1.82. The molecule has 1 unspecified atom stereocenters. The second-order valence-electron chi connectivity index (χ2n) is 7.49. The van der Waals surface area contributed by atoms with Gasteiger partial charge >= 0.3 is 0 Å². The lowest BCUT2D eigenvalue weighted by atomic mass is 10.2. The van der Waals surface area contributed by atoms with Crippen LogP contribution in [-0.4, -0.2) is 94.5 Å². The van der Waals surface area contributed by atoms with Gasteiger partial charge in [-0.15, -0.1) is 35.3 Å². The van der Waals surface area contributed by atoms with Gasteiger partial charge in [0.05, 0.1) is 39.0 Å². The van der Waals surface area contributed by atoms with Gasteiger partial charge < -0.3 is 20.1 Å². The molecule has 1 aromatic heterocycles. The zero-order valence-electron chi connectivity index (χ0n) is 18.2. The van der Waals surface area contributed by atoms with E-state index in [0.29, 0.717) is 6.04 Å². The number of thiophene rings is 1. The number of hydrogen-bond acceptors (Lipinski definition) is 6. The van der Waals surface area contributed by atoms with Crippen LogP contribution in [0.5, 0.6) is 0 Å². The number of halogens is 1. The van der Waals surface area contributed by atoms with Crippen molar-refractivity contribution < 1.29 is 9.47 Å². The maximum absolute atomic E-state index is 5.54. The lowest BCUT2D eigenvalue weighted by Crippen LogP contribution is -2.42. The maximum atomic E-state index is 5.54. The molecule has 9 heteroatoms. The summed E-state index contributed by atoms with van der Waals surface area (Å²) in [6, 6.07) is 4.69. The lowest BCUT2D eigenvalue weighted by molar-refractivity contribution is 0.0186. The zero-order chi connectivity index (χ0) is 20.2. The third-order valence-electron chi connectivity index (χ3n) is 5.42. The van der Waals surface area contributed by atoms with Gasteiger partial charge in [-0.25, -0.2) is 0 Å². The minimum atomic E-state index is 0. The molecule has 2 N–H and O–H groups in total. The minimum absolute atomic E-state index is 0. The molecule has 172 valence electrons. The fourth-order valence-corrected chi connectivity index (χ4v) is 4.62. The topological polar surface area (TPSA) is 61.4 Å². The minimum Gasteiger partial charge on any atom is -0.379 e. The van der Waals surface area contributed by atoms with Gasteiger partial charge in [0.25, 0.3) is 0 Å². The molecule has 0 saturated carbocycles. The van der Waals surface area contributed by atoms with Crippen molar-refractivity contribution in [2.45, 2.75) is 25.8 Å². The Morgan fingerprint density at radius 3 is 2.50 bits per heavy atom. The molecule has 0 bridgehead atoms. The summed E-state index contributed by atoms with van der Waals surface area (Å²) in [5.74, 6) is 0.925. The number of guanidine groups is 1. The van der Waals surface area contributed by atoms with E-state index >= 15 is 0 Å². The van der Waals surface area contributed by atoms with Crippen LogP contribution in [0.1, 0.15) is 30.7 Å². The number of morpholine rings is 2. The lowest BCUT2D eigenvalue weighted by Gasteiger charge is -2.33. The summed E-state index contributed by atoms with van der Waals surface area (Å²) in [5.41, 5.74) is 0. The van der Waals surface area contributed by atoms with Gasteiger partial charge in [0.1, 0.15) is 0 Å². The molecule has 7 nitrogen and oxygen atoms in total. The Kier molecular flexibility index (Phi) is 13.2. The monoisotopic (exact) mass is 551 g/mol. The average Bonchev–Trinajstić information content (AvgIpc) is 3.29. The molecule has 0 aliphatic carbocycles. The molecule has 0 aromatic carbocycles. The molecule has 0 amide bonds. The third kappa shape index (κ3) is 8.96. The van der Waals surface area contributed by atoms with E-state index in [1.54, 1.807) is 0 Å². The third-order valence-corrected chi connectivity index (χ3v) is 6.40. The van der Waals surface area contributed by atoms with Crippen molar-refractivity contribution in [2.24, 2.45) is 4.99 Å². The van der Waals surface area contributed by atoms with Gasteiger partial charge in [-0.1, -0.05) is 6.07 Å². The van der Waals surface area contributed by atoms with E-state index in [9.17, 15) is 0 Å². The molecule has 0 radical (unpaired) electrons. The summed E-state index contributed by atoms with van der Waals surface area (Å²) in [4.78, 5) is 11.3. The normalized spacial score (nSPS) is 19.8. The summed E-state index contributed by atoms with van der Waals surface area (Å²) in [7, 11) is 0. The van der Waals surface area contributed by atoms with Crippen molar-refractivity contribution in [1.82, 2.24) is 20.4 Å². The van der Waals surface area contributed by atoms with Crippen molar-refractivity contribution in [3.8, 4) is 0 Å². The molecule has 3 heterocycles. The fourth-order valence-electron chi connectivity index (χ4n) is 3.77. The highest BCUT2D eigenvalue weighted by Gasteiger charge is 2.23. The van der Waals surface area contributed by atoms with E-state index in [1.807, 2.05) is 11.3 Å². The molecule has 2 saturated heterocycles. The molecular weight excluding hydrogens is 513 g/mol. The number of unbranched alkanes of at least 4 members (excludes halogenated alkanes) is 1. The van der Waals surface area contributed by atoms with E-state index in [4.69, 9.17) is 14.5 Å². The first-order valence-corrected chi connectivity index (χ1v) is 11.9. The first kappa shape index (κ1) is 25.8. The van der Waals surface area contributed by atoms with Gasteiger partial charge in [-0.3, -0.25) is 14.8 Å². The van der Waals surface area contributed by atoms with Crippen LogP contribution in [-0.2, 0) is 9.47 Å². The fraction of sp³-hybridized carbons (Fsp3) is 0.762. The second kappa shape index (κ2) is 15.4. The number of hydrogen-bond donors (Lipinski definition) is 2. The van der Waals surface area contributed by atoms with E-state index in [2.05, 4.69) is 44.9 Å². The van der Waals surface area contributed by atoms with Crippen LogP contribution in [0, 0.1) is 0 Å². The molecule has 1 atom stereocenters. The van der Waals surface area contributed by atoms with Crippen molar-refractivity contribution in [2.75, 3.05) is 78.8 Å². The summed E-state index contributed by atoms with van der Waals surface area (Å²) < 4.78 is 11.0. The van der Waals surface area contributed by atoms with Crippen LogP contribution in [0.25, 0.3) is 0 Å². The number of nitrogens with zero attached hydrogens (tertiary/aromatic N) is 3. The highest BCUT2D eigenvalue weighted by Crippen LogP contribution is 2.26. The van der Waals surface area contributed by atoms with Crippen LogP contribution in [0.15, 0.2) is 22.5 Å². The maximum Gasteiger partial charge on any atom is 0.191 e. The number of aliphatic imine (C=N–C) groups is 1. The Morgan fingerprint density at radius 2 is 1.83 bits per heavy atom. The number of rotatable bonds is 10. The standard InChI is InChI=1S/C21H37N5O2S.HI/c1-2-22-21(23-7-3-4-8-25-9-13-27-14-10-25)24-18-19(20-6-5-17-29-20)26-11-15-28-16-12-26;/h5-6,17,19H,2-4,7-16,18H2,1H3,(H2,22,23,24);1H. The van der Waals surface area contributed by atoms with Gasteiger partial charge in [0.2, 0.25) is 0 Å². The second-order valence-corrected chi connectivity index (χ2v) is 8.47. The molecular formula is C21H38IN5O2S. The number of nitrogens with one attached hydrogen (secondary N) is 2. The van der Waals surface area contributed by atoms with E-state index in [0.717, 1.165) is 91.2 Å². The zero-order valence-corrected chi connectivity index (χ0v) is 21.3. The van der Waals surface area contributed by atoms with E-state index in [-0.39, 0.29) is 24.0 Å². The molecule has 30 heavy (non-hydrogen) atoms. The molecule has 0 spiro atoms. The SMILES string of the molecule is CCNC(=NCC(c1cccs1)N1CCOCC1)NCCCCN1CCOCC1.I. The van der Waals surface area contributed by atoms with E-state index < -0.39 is 0 Å². The highest BCUT2D eigenvalue weighted by molar-refractivity contribution is 14.0. The highest BCUT2D eigenvalue weighted by atomic mass is 127. The Balaban J connectivity index is 0.00000320. The van der Waals surface area contributed by atoms with Crippen molar-refractivity contribution >= 4 is 41.3 Å². The molecule has 3 rings (SSSR count). The Hall–Kier alpha value is -0.460. The van der Waals surface area contributed by atoms with Gasteiger partial charge in [0, 0.05) is 44.1 Å². The van der Waals surface area contributed by atoms with Crippen molar-refractivity contribution in [3.63, 3.8) is 0 Å². The van der Waals surface area contributed by atoms with Crippen molar-refractivity contribution in [1.29, 1.82) is 0 Å². The quantitative estimate of drug-likeness (QED) is 0.202. The Morgan fingerprint density at radius 1 is 1.10 bits per heavy atom. The Labute approximate surface area is 202 Å². The van der Waals surface area contributed by atoms with Gasteiger partial charge in [0.15, 0.2) is 5.96 Å². The van der Waals surface area contributed by atoms with Crippen LogP contribution in [0.3, 0.4) is 0 Å². The number of ether oxygens (including phenoxy) is 2. The van der Waals surface area contributed by atoms with Crippen molar-refractivity contribution in [3.05, 3.63) is 22.4 Å². The molecule has 1 aromatic rings. The van der Waals surface area contributed by atoms with E-state index in [1.165, 1.54) is 11.3 Å². The average molecular weight is 552 g/mol. The van der Waals surface area contributed by atoms with Crippen LogP contribution in [0.2, 0.25) is 0 Å². The smallest absolute Gasteiger partial charge is 0.191 e. The predicted octanol–water partition coefficient (Wildman–Crippen LogP) is 2.41. The van der Waals surface area contributed by atoms with Crippen LogP contribution < -0.4 is 10.6 Å². The van der Waals surface area contributed by atoms with Gasteiger partial charge in [-0.05, 0) is 37.8 Å². The summed E-state index contributed by atoms with van der Waals surface area (Å²) in [6.07, 6.45) is 2.36. The Bertz CT molecular complexity index is 578. The largest absolute Gasteiger partial charge is 0.379 e. The van der Waals surface area contributed by atoms with Crippen LogP contribution in [0.4, 0.5) is 0 Å². The predicted molar refractivity (Wildman–Crippen MR) is 135 cm³/mol. The van der Waals surface area contributed by atoms with Gasteiger partial charge in [-0.2, -0.15) is 0 Å². The summed E-state index contributed by atoms with van der Waals surface area (Å²) in [5, 5.41) is 9.07. The summed E-state index contributed by atoms with van der Waals surface area (Å²) in [6.45, 7) is 13.4. The first-order chi connectivity index (χ1) is 14.4. The molecule has 2 aliphatic rings.